The molecule has 224 valence electrons. The van der Waals surface area contributed by atoms with E-state index in [-0.39, 0.29) is 16.4 Å². The van der Waals surface area contributed by atoms with E-state index in [4.69, 9.17) is 4.18 Å². The molecule has 0 aliphatic heterocycles. The summed E-state index contributed by atoms with van der Waals surface area (Å²) in [4.78, 5) is 0.636. The quantitative estimate of drug-likeness (QED) is 0.118. The van der Waals surface area contributed by atoms with Crippen LogP contribution in [-0.2, 0) is 14.3 Å². The van der Waals surface area contributed by atoms with E-state index in [0.29, 0.717) is 22.1 Å². The first-order valence-corrected chi connectivity index (χ1v) is 18.5. The number of hydrogen-bond acceptors (Lipinski definition) is 3. The zero-order valence-electron chi connectivity index (χ0n) is 25.8. The zero-order chi connectivity index (χ0) is 28.9. The van der Waals surface area contributed by atoms with Gasteiger partial charge < -0.3 is 0 Å². The van der Waals surface area contributed by atoms with Gasteiger partial charge in [-0.15, -0.1) is 0 Å². The summed E-state index contributed by atoms with van der Waals surface area (Å²) in [7, 11) is -3.76. The average molecular weight is 634 g/mol. The smallest absolute Gasteiger partial charge is 0.263 e. The number of rotatable bonds is 9. The number of aryl methyl sites for hydroxylation is 1. The minimum atomic E-state index is -3.76. The molecule has 3 unspecified atom stereocenters. The van der Waals surface area contributed by atoms with Crippen molar-refractivity contribution in [1.29, 1.82) is 0 Å². The predicted molar refractivity (Wildman–Crippen MR) is 169 cm³/mol. The molecule has 0 saturated heterocycles. The average Bonchev–Trinajstić information content (AvgIpc) is 3.24. The molecule has 0 radical (unpaired) electrons. The third kappa shape index (κ3) is 5.79. The molecule has 9 atom stereocenters. The van der Waals surface area contributed by atoms with Gasteiger partial charge in [-0.05, 0) is 110 Å². The Hall–Kier alpha value is -0.650. The Morgan fingerprint density at radius 1 is 0.950 bits per heavy atom. The summed E-state index contributed by atoms with van der Waals surface area (Å²) in [6.45, 7) is 14.4. The first-order valence-electron chi connectivity index (χ1n) is 16.2. The van der Waals surface area contributed by atoms with Gasteiger partial charge in [-0.2, -0.15) is 8.42 Å². The van der Waals surface area contributed by atoms with E-state index < -0.39 is 10.1 Å². The maximum atomic E-state index is 13.1. The van der Waals surface area contributed by atoms with Gasteiger partial charge in [0.15, 0.2) is 0 Å². The summed E-state index contributed by atoms with van der Waals surface area (Å²) in [6.07, 6.45) is 15.7. The van der Waals surface area contributed by atoms with Gasteiger partial charge in [0.1, 0.15) is 0 Å². The van der Waals surface area contributed by atoms with E-state index in [2.05, 4.69) is 56.6 Å². The lowest BCUT2D eigenvalue weighted by molar-refractivity contribution is -0.0527. The van der Waals surface area contributed by atoms with Gasteiger partial charge in [-0.25, -0.2) is 0 Å². The minimum absolute atomic E-state index is 0.157. The Morgan fingerprint density at radius 2 is 1.65 bits per heavy atom. The number of benzene rings is 1. The van der Waals surface area contributed by atoms with Crippen LogP contribution in [0.4, 0.5) is 0 Å². The Kier molecular flexibility index (Phi) is 9.08. The SMILES string of the molecule is Cc1ccc(S(=O)(=O)O[C@H]2CC[C@@]3(C)C(=C[C@H](Br)C4C3CC[C@@]3(C)C4CC[C@@H]3[C@H](C)CCCCC(C)C)C2)cc1. The summed E-state index contributed by atoms with van der Waals surface area (Å²) in [5.41, 5.74) is 3.09. The lowest BCUT2D eigenvalue weighted by Crippen LogP contribution is -2.54. The van der Waals surface area contributed by atoms with Crippen molar-refractivity contribution < 1.29 is 12.6 Å². The van der Waals surface area contributed by atoms with Gasteiger partial charge in [0.05, 0.1) is 11.0 Å². The molecular formula is C35H53BrO3S. The fourth-order valence-electron chi connectivity index (χ4n) is 9.79. The van der Waals surface area contributed by atoms with Crippen LogP contribution in [0.2, 0.25) is 0 Å². The first-order chi connectivity index (χ1) is 18.8. The summed E-state index contributed by atoms with van der Waals surface area (Å²) >= 11 is 4.19. The van der Waals surface area contributed by atoms with Gasteiger partial charge in [-0.1, -0.05) is 106 Å². The van der Waals surface area contributed by atoms with Crippen molar-refractivity contribution in [3.63, 3.8) is 0 Å². The van der Waals surface area contributed by atoms with Crippen molar-refractivity contribution in [2.24, 2.45) is 46.3 Å². The van der Waals surface area contributed by atoms with Crippen molar-refractivity contribution in [2.75, 3.05) is 0 Å². The van der Waals surface area contributed by atoms with Crippen LogP contribution in [0.3, 0.4) is 0 Å². The lowest BCUT2D eigenvalue weighted by Gasteiger charge is -2.59. The highest BCUT2D eigenvalue weighted by atomic mass is 79.9. The van der Waals surface area contributed by atoms with Crippen molar-refractivity contribution >= 4 is 26.0 Å². The van der Waals surface area contributed by atoms with Crippen LogP contribution in [0.1, 0.15) is 111 Å². The largest absolute Gasteiger partial charge is 0.297 e. The van der Waals surface area contributed by atoms with Crippen LogP contribution < -0.4 is 0 Å². The third-order valence-electron chi connectivity index (χ3n) is 12.1. The highest BCUT2D eigenvalue weighted by Crippen LogP contribution is 2.68. The lowest BCUT2D eigenvalue weighted by atomic mass is 9.47. The molecule has 3 saturated carbocycles. The van der Waals surface area contributed by atoms with Gasteiger partial charge in [-0.3, -0.25) is 4.18 Å². The number of hydrogen-bond donors (Lipinski definition) is 0. The van der Waals surface area contributed by atoms with Gasteiger partial charge >= 0.3 is 0 Å². The number of halogens is 1. The second-order valence-corrected chi connectivity index (χ2v) is 17.6. The van der Waals surface area contributed by atoms with Gasteiger partial charge in [0.2, 0.25) is 0 Å². The molecule has 3 nitrogen and oxygen atoms in total. The van der Waals surface area contributed by atoms with Gasteiger partial charge in [0, 0.05) is 4.83 Å². The van der Waals surface area contributed by atoms with Crippen LogP contribution in [0.25, 0.3) is 0 Å². The normalized spacial score (nSPS) is 38.4. The molecule has 5 heteroatoms. The van der Waals surface area contributed by atoms with Crippen molar-refractivity contribution in [2.45, 2.75) is 128 Å². The Balaban J connectivity index is 1.28. The van der Waals surface area contributed by atoms with E-state index in [1.807, 2.05) is 19.1 Å². The molecule has 1 aromatic carbocycles. The molecule has 0 spiro atoms. The number of allylic oxidation sites excluding steroid dienone is 1. The molecule has 4 aliphatic rings. The fraction of sp³-hybridized carbons (Fsp3) is 0.771. The zero-order valence-corrected chi connectivity index (χ0v) is 28.2. The molecule has 3 fully saturated rings. The molecule has 40 heavy (non-hydrogen) atoms. The molecular weight excluding hydrogens is 580 g/mol. The maximum Gasteiger partial charge on any atom is 0.297 e. The van der Waals surface area contributed by atoms with Crippen molar-refractivity contribution in [3.8, 4) is 0 Å². The van der Waals surface area contributed by atoms with Crippen LogP contribution >= 0.6 is 15.9 Å². The molecule has 0 bridgehead atoms. The van der Waals surface area contributed by atoms with Gasteiger partial charge in [0.25, 0.3) is 10.1 Å². The fourth-order valence-corrected chi connectivity index (χ4v) is 11.9. The third-order valence-corrected chi connectivity index (χ3v) is 14.3. The standard InChI is InChI=1S/C35H53BrO3S/c1-23(2)9-7-8-10-25(4)29-15-16-30-33-31(18-20-35(29,30)6)34(5)19-17-27(21-26(34)22-32(33)36)39-40(37,38)28-13-11-24(3)12-14-28/h11-14,22-23,25,27,29-33H,7-10,15-21H2,1-6H3/t25-,27+,29-,30?,31?,32+,33?,34+,35-/m1/s1. The minimum Gasteiger partial charge on any atom is -0.263 e. The Bertz CT molecular complexity index is 1170. The maximum absolute atomic E-state index is 13.1. The van der Waals surface area contributed by atoms with E-state index in [1.165, 1.54) is 56.9 Å². The molecule has 4 aliphatic carbocycles. The Morgan fingerprint density at radius 3 is 2.35 bits per heavy atom. The number of unbranched alkanes of at least 4 members (excludes halogenated alkanes) is 1. The molecule has 5 rings (SSSR count). The number of fused-ring (bicyclic) bond motifs is 5. The second-order valence-electron chi connectivity index (χ2n) is 15.0. The monoisotopic (exact) mass is 632 g/mol. The number of alkyl halides is 1. The van der Waals surface area contributed by atoms with Crippen LogP contribution in [0.5, 0.6) is 0 Å². The van der Waals surface area contributed by atoms with Crippen molar-refractivity contribution in [1.82, 2.24) is 0 Å². The summed E-state index contributed by atoms with van der Waals surface area (Å²) in [6, 6.07) is 7.00. The summed E-state index contributed by atoms with van der Waals surface area (Å²) < 4.78 is 32.0. The highest BCUT2D eigenvalue weighted by molar-refractivity contribution is 9.09. The summed E-state index contributed by atoms with van der Waals surface area (Å²) in [5.74, 6) is 4.63. The first kappa shape index (κ1) is 30.8. The topological polar surface area (TPSA) is 43.4 Å². The summed E-state index contributed by atoms with van der Waals surface area (Å²) in [5, 5.41) is 0. The van der Waals surface area contributed by atoms with Crippen LogP contribution in [-0.4, -0.2) is 19.3 Å². The molecule has 0 N–H and O–H groups in total. The van der Waals surface area contributed by atoms with Crippen LogP contribution in [0.15, 0.2) is 40.8 Å². The molecule has 0 aromatic heterocycles. The van der Waals surface area contributed by atoms with Crippen molar-refractivity contribution in [3.05, 3.63) is 41.5 Å². The highest BCUT2D eigenvalue weighted by Gasteiger charge is 2.61. The van der Waals surface area contributed by atoms with E-state index in [9.17, 15) is 8.42 Å². The van der Waals surface area contributed by atoms with E-state index in [0.717, 1.165) is 48.5 Å². The van der Waals surface area contributed by atoms with E-state index >= 15 is 0 Å². The van der Waals surface area contributed by atoms with Crippen LogP contribution in [0, 0.1) is 53.3 Å². The molecule has 0 heterocycles. The Labute approximate surface area is 253 Å². The predicted octanol–water partition coefficient (Wildman–Crippen LogP) is 9.87. The van der Waals surface area contributed by atoms with E-state index in [1.54, 1.807) is 12.1 Å². The second kappa shape index (κ2) is 11.8. The molecule has 1 aromatic rings. The molecule has 0 amide bonds.